The second-order valence-electron chi connectivity index (χ2n) is 10.5. The molecule has 0 aliphatic carbocycles. The molecule has 2 aromatic heterocycles. The van der Waals surface area contributed by atoms with Crippen LogP contribution < -0.4 is 5.32 Å². The van der Waals surface area contributed by atoms with E-state index in [0.717, 1.165) is 54.4 Å². The van der Waals surface area contributed by atoms with Crippen LogP contribution in [0.4, 0.5) is 4.39 Å². The van der Waals surface area contributed by atoms with Crippen molar-refractivity contribution in [2.24, 2.45) is 11.8 Å². The average Bonchev–Trinajstić information content (AvgIpc) is 3.58. The van der Waals surface area contributed by atoms with Crippen molar-refractivity contribution >= 4 is 22.8 Å². The summed E-state index contributed by atoms with van der Waals surface area (Å²) in [5, 5.41) is 3.11. The second-order valence-corrected chi connectivity index (χ2v) is 10.5. The number of amides is 2. The Labute approximate surface area is 222 Å². The smallest absolute Gasteiger partial charge is 0.246 e. The Balaban J connectivity index is 1.46. The van der Waals surface area contributed by atoms with E-state index in [1.54, 1.807) is 12.1 Å². The molecule has 5 rings (SSSR count). The fourth-order valence-corrected chi connectivity index (χ4v) is 5.59. The molecule has 202 valence electrons. The molecule has 2 N–H and O–H groups in total. The predicted octanol–water partition coefficient (Wildman–Crippen LogP) is 4.69. The third kappa shape index (κ3) is 5.29. The van der Waals surface area contributed by atoms with Gasteiger partial charge < -0.3 is 19.9 Å². The number of fused-ring (bicyclic) bond motifs is 1. The van der Waals surface area contributed by atoms with E-state index < -0.39 is 6.04 Å². The molecular formula is C29H36FN5O3. The van der Waals surface area contributed by atoms with Gasteiger partial charge in [0, 0.05) is 36.9 Å². The number of ether oxygens (including phenoxy) is 1. The Morgan fingerprint density at radius 3 is 2.63 bits per heavy atom. The maximum atomic E-state index is 14.1. The maximum Gasteiger partial charge on any atom is 0.246 e. The van der Waals surface area contributed by atoms with Crippen LogP contribution in [0.5, 0.6) is 0 Å². The van der Waals surface area contributed by atoms with E-state index in [1.807, 2.05) is 31.7 Å². The number of aryl methyl sites for hydroxylation is 1. The van der Waals surface area contributed by atoms with E-state index in [9.17, 15) is 14.0 Å². The summed E-state index contributed by atoms with van der Waals surface area (Å²) in [6.07, 6.45) is 3.91. The van der Waals surface area contributed by atoms with Crippen molar-refractivity contribution < 1.29 is 18.7 Å². The number of benzene rings is 1. The number of nitrogens with zero attached hydrogens (tertiary/aromatic N) is 3. The lowest BCUT2D eigenvalue weighted by Crippen LogP contribution is -2.54. The minimum atomic E-state index is -0.567. The molecule has 8 nitrogen and oxygen atoms in total. The fraction of sp³-hybridized carbons (Fsp3) is 0.517. The van der Waals surface area contributed by atoms with Crippen molar-refractivity contribution in [3.63, 3.8) is 0 Å². The lowest BCUT2D eigenvalue weighted by Gasteiger charge is -2.35. The Kier molecular flexibility index (Phi) is 7.74. The van der Waals surface area contributed by atoms with Crippen LogP contribution in [0.1, 0.15) is 63.5 Å². The normalized spacial score (nSPS) is 20.0. The number of carbonyl (C=O) groups is 2. The molecule has 2 saturated heterocycles. The molecule has 2 fully saturated rings. The van der Waals surface area contributed by atoms with Gasteiger partial charge in [0.25, 0.3) is 0 Å². The van der Waals surface area contributed by atoms with Gasteiger partial charge in [-0.2, -0.15) is 0 Å². The van der Waals surface area contributed by atoms with Crippen molar-refractivity contribution in [2.45, 2.75) is 65.0 Å². The Morgan fingerprint density at radius 1 is 1.18 bits per heavy atom. The maximum absolute atomic E-state index is 14.1. The third-order valence-corrected chi connectivity index (χ3v) is 7.98. The molecule has 0 unspecified atom stereocenters. The molecule has 0 bridgehead atoms. The SMILES string of the molecule is CC[C@@H](C)C(=O)N[C@H](C(=O)N1CCC[C@H]1c1cc2nc(C)nc(-c3ccc(F)cc3)c2[nH]1)C1CCOCC1. The minimum Gasteiger partial charge on any atom is -0.381 e. The lowest BCUT2D eigenvalue weighted by molar-refractivity contribution is -0.140. The number of aromatic nitrogens is 3. The van der Waals surface area contributed by atoms with Gasteiger partial charge in [-0.1, -0.05) is 13.8 Å². The van der Waals surface area contributed by atoms with Crippen LogP contribution in [0.3, 0.4) is 0 Å². The average molecular weight is 522 g/mol. The van der Waals surface area contributed by atoms with Crippen LogP contribution in [-0.4, -0.2) is 57.5 Å². The molecule has 0 spiro atoms. The first-order valence-corrected chi connectivity index (χ1v) is 13.7. The Morgan fingerprint density at radius 2 is 1.92 bits per heavy atom. The number of nitrogens with one attached hydrogen (secondary N) is 2. The molecular weight excluding hydrogens is 485 g/mol. The van der Waals surface area contributed by atoms with E-state index in [0.29, 0.717) is 31.3 Å². The number of rotatable bonds is 7. The summed E-state index contributed by atoms with van der Waals surface area (Å²) in [6, 6.07) is 7.53. The number of aromatic amines is 1. The molecule has 0 saturated carbocycles. The third-order valence-electron chi connectivity index (χ3n) is 7.98. The van der Waals surface area contributed by atoms with Gasteiger partial charge in [0.2, 0.25) is 11.8 Å². The van der Waals surface area contributed by atoms with Gasteiger partial charge in [-0.15, -0.1) is 0 Å². The molecule has 1 aromatic carbocycles. The zero-order valence-corrected chi connectivity index (χ0v) is 22.3. The number of halogens is 1. The van der Waals surface area contributed by atoms with E-state index in [-0.39, 0.29) is 35.5 Å². The van der Waals surface area contributed by atoms with Gasteiger partial charge in [-0.05, 0) is 75.3 Å². The summed E-state index contributed by atoms with van der Waals surface area (Å²) in [5.41, 5.74) is 3.92. The van der Waals surface area contributed by atoms with Gasteiger partial charge in [0.15, 0.2) is 0 Å². The van der Waals surface area contributed by atoms with E-state index in [1.165, 1.54) is 12.1 Å². The highest BCUT2D eigenvalue weighted by molar-refractivity contribution is 5.91. The molecule has 38 heavy (non-hydrogen) atoms. The van der Waals surface area contributed by atoms with Gasteiger partial charge in [0.1, 0.15) is 17.7 Å². The van der Waals surface area contributed by atoms with Gasteiger partial charge >= 0.3 is 0 Å². The standard InChI is InChI=1S/C29H36FN5O3/c1-4-17(2)28(36)34-26(20-11-14-38-15-12-20)29(37)35-13-5-6-24(35)22-16-23-27(33-22)25(32-18(3)31-23)19-7-9-21(30)10-8-19/h7-10,16-17,20,24,26,33H,4-6,11-15H2,1-3H3,(H,34,36)/t17-,24+,26+/m1/s1. The summed E-state index contributed by atoms with van der Waals surface area (Å²) in [5.74, 6) is 0.104. The summed E-state index contributed by atoms with van der Waals surface area (Å²) < 4.78 is 19.1. The zero-order chi connectivity index (χ0) is 26.8. The largest absolute Gasteiger partial charge is 0.381 e. The zero-order valence-electron chi connectivity index (χ0n) is 22.3. The Bertz CT molecular complexity index is 1300. The monoisotopic (exact) mass is 521 g/mol. The first-order chi connectivity index (χ1) is 18.4. The lowest BCUT2D eigenvalue weighted by atomic mass is 9.90. The van der Waals surface area contributed by atoms with Crippen molar-refractivity contribution in [1.29, 1.82) is 0 Å². The number of hydrogen-bond acceptors (Lipinski definition) is 5. The predicted molar refractivity (Wildman–Crippen MR) is 143 cm³/mol. The molecule has 2 aliphatic rings. The number of carbonyl (C=O) groups excluding carboxylic acids is 2. The van der Waals surface area contributed by atoms with Gasteiger partial charge in [-0.25, -0.2) is 14.4 Å². The van der Waals surface area contributed by atoms with Crippen LogP contribution in [-0.2, 0) is 14.3 Å². The van der Waals surface area contributed by atoms with Gasteiger partial charge in [-0.3, -0.25) is 9.59 Å². The van der Waals surface area contributed by atoms with E-state index in [4.69, 9.17) is 4.74 Å². The summed E-state index contributed by atoms with van der Waals surface area (Å²) in [6.45, 7) is 7.54. The topological polar surface area (TPSA) is 100 Å². The summed E-state index contributed by atoms with van der Waals surface area (Å²) in [4.78, 5) is 41.6. The Hall–Kier alpha value is -3.33. The number of hydrogen-bond donors (Lipinski definition) is 2. The number of H-pyrrole nitrogens is 1. The van der Waals surface area contributed by atoms with E-state index in [2.05, 4.69) is 20.3 Å². The summed E-state index contributed by atoms with van der Waals surface area (Å²) in [7, 11) is 0. The van der Waals surface area contributed by atoms with Crippen molar-refractivity contribution in [3.8, 4) is 11.3 Å². The molecule has 2 amide bonds. The minimum absolute atomic E-state index is 0.0317. The van der Waals surface area contributed by atoms with Crippen LogP contribution in [0.25, 0.3) is 22.3 Å². The highest BCUT2D eigenvalue weighted by Crippen LogP contribution is 2.36. The van der Waals surface area contributed by atoms with Crippen LogP contribution >= 0.6 is 0 Å². The second kappa shape index (κ2) is 11.2. The van der Waals surface area contributed by atoms with E-state index >= 15 is 0 Å². The first kappa shape index (κ1) is 26.3. The van der Waals surface area contributed by atoms with Gasteiger partial charge in [0.05, 0.1) is 22.8 Å². The molecule has 0 radical (unpaired) electrons. The van der Waals surface area contributed by atoms with Crippen LogP contribution in [0.2, 0.25) is 0 Å². The van der Waals surface area contributed by atoms with Crippen LogP contribution in [0, 0.1) is 24.6 Å². The molecule has 9 heteroatoms. The first-order valence-electron chi connectivity index (χ1n) is 13.7. The van der Waals surface area contributed by atoms with Crippen molar-refractivity contribution in [1.82, 2.24) is 25.2 Å². The molecule has 3 aromatic rings. The molecule has 2 aliphatic heterocycles. The quantitative estimate of drug-likeness (QED) is 0.470. The molecule has 3 atom stereocenters. The highest BCUT2D eigenvalue weighted by Gasteiger charge is 2.39. The van der Waals surface area contributed by atoms with Crippen molar-refractivity contribution in [2.75, 3.05) is 19.8 Å². The van der Waals surface area contributed by atoms with Crippen LogP contribution in [0.15, 0.2) is 30.3 Å². The highest BCUT2D eigenvalue weighted by atomic mass is 19.1. The molecule has 4 heterocycles. The summed E-state index contributed by atoms with van der Waals surface area (Å²) >= 11 is 0. The number of likely N-dealkylation sites (tertiary alicyclic amines) is 1. The van der Waals surface area contributed by atoms with Crippen molar-refractivity contribution in [3.05, 3.63) is 47.7 Å². The fourth-order valence-electron chi connectivity index (χ4n) is 5.59.